The van der Waals surface area contributed by atoms with E-state index in [1.165, 1.54) is 18.2 Å². The highest BCUT2D eigenvalue weighted by Crippen LogP contribution is 2.06. The van der Waals surface area contributed by atoms with Crippen molar-refractivity contribution in [3.05, 3.63) is 71.3 Å². The average molecular weight is 247 g/mol. The first-order valence-corrected chi connectivity index (χ1v) is 5.94. The topological polar surface area (TPSA) is 12.0 Å². The molecule has 0 spiro atoms. The largest absolute Gasteiger partial charge is 0.312 e. The lowest BCUT2D eigenvalue weighted by atomic mass is 10.1. The minimum atomic E-state index is -0.224. The molecule has 2 aromatic rings. The Morgan fingerprint density at radius 3 is 2.33 bits per heavy atom. The van der Waals surface area contributed by atoms with Crippen LogP contribution in [0.3, 0.4) is 0 Å². The van der Waals surface area contributed by atoms with Crippen molar-refractivity contribution < 1.29 is 8.78 Å². The van der Waals surface area contributed by atoms with Crippen molar-refractivity contribution in [1.29, 1.82) is 0 Å². The van der Waals surface area contributed by atoms with E-state index in [0.717, 1.165) is 18.5 Å². The zero-order valence-electron chi connectivity index (χ0n) is 10.00. The molecule has 0 bridgehead atoms. The maximum atomic E-state index is 13.3. The molecule has 0 aliphatic rings. The number of hydrogen-bond acceptors (Lipinski definition) is 1. The van der Waals surface area contributed by atoms with E-state index >= 15 is 0 Å². The Morgan fingerprint density at radius 2 is 1.61 bits per heavy atom. The van der Waals surface area contributed by atoms with Gasteiger partial charge >= 0.3 is 0 Å². The molecule has 0 saturated heterocycles. The molecule has 0 heterocycles. The zero-order valence-corrected chi connectivity index (χ0v) is 10.00. The van der Waals surface area contributed by atoms with Crippen LogP contribution in [-0.4, -0.2) is 6.54 Å². The van der Waals surface area contributed by atoms with Crippen molar-refractivity contribution in [3.63, 3.8) is 0 Å². The highest BCUT2D eigenvalue weighted by Gasteiger charge is 1.99. The van der Waals surface area contributed by atoms with Gasteiger partial charge in [0.2, 0.25) is 0 Å². The van der Waals surface area contributed by atoms with Gasteiger partial charge in [-0.3, -0.25) is 0 Å². The third-order valence-electron chi connectivity index (χ3n) is 2.78. The molecule has 0 aromatic heterocycles. The molecule has 0 saturated carbocycles. The molecule has 2 aromatic carbocycles. The second-order valence-electron chi connectivity index (χ2n) is 4.14. The summed E-state index contributed by atoms with van der Waals surface area (Å²) < 4.78 is 26.0. The fourth-order valence-electron chi connectivity index (χ4n) is 1.75. The maximum absolute atomic E-state index is 13.3. The van der Waals surface area contributed by atoms with Crippen molar-refractivity contribution in [2.24, 2.45) is 0 Å². The Bertz CT molecular complexity index is 494. The van der Waals surface area contributed by atoms with Gasteiger partial charge < -0.3 is 5.32 Å². The first-order valence-electron chi connectivity index (χ1n) is 5.94. The molecule has 1 nitrogen and oxygen atoms in total. The van der Waals surface area contributed by atoms with E-state index in [1.54, 1.807) is 24.3 Å². The van der Waals surface area contributed by atoms with Crippen molar-refractivity contribution in [2.45, 2.75) is 13.0 Å². The molecule has 0 aliphatic carbocycles. The molecule has 0 atom stereocenters. The van der Waals surface area contributed by atoms with Crippen LogP contribution in [0.4, 0.5) is 8.78 Å². The van der Waals surface area contributed by atoms with E-state index in [2.05, 4.69) is 5.32 Å². The summed E-state index contributed by atoms with van der Waals surface area (Å²) in [6, 6.07) is 13.1. The van der Waals surface area contributed by atoms with E-state index < -0.39 is 0 Å². The highest BCUT2D eigenvalue weighted by molar-refractivity contribution is 5.18. The minimum absolute atomic E-state index is 0.188. The molecule has 3 heteroatoms. The van der Waals surface area contributed by atoms with Crippen molar-refractivity contribution in [2.75, 3.05) is 6.54 Å². The number of halogens is 2. The van der Waals surface area contributed by atoms with Gasteiger partial charge in [-0.25, -0.2) is 8.78 Å². The average Bonchev–Trinajstić information content (AvgIpc) is 2.39. The number of benzene rings is 2. The Morgan fingerprint density at radius 1 is 0.889 bits per heavy atom. The van der Waals surface area contributed by atoms with Crippen LogP contribution in [0.25, 0.3) is 0 Å². The van der Waals surface area contributed by atoms with E-state index in [0.29, 0.717) is 12.1 Å². The Hall–Kier alpha value is -1.74. The van der Waals surface area contributed by atoms with Gasteiger partial charge in [0.25, 0.3) is 0 Å². The summed E-state index contributed by atoms with van der Waals surface area (Å²) >= 11 is 0. The Kier molecular flexibility index (Phi) is 4.42. The maximum Gasteiger partial charge on any atom is 0.127 e. The van der Waals surface area contributed by atoms with Crippen molar-refractivity contribution in [1.82, 2.24) is 5.32 Å². The van der Waals surface area contributed by atoms with Crippen LogP contribution in [-0.2, 0) is 13.0 Å². The van der Waals surface area contributed by atoms with Crippen LogP contribution in [0.15, 0.2) is 48.5 Å². The molecular weight excluding hydrogens is 232 g/mol. The van der Waals surface area contributed by atoms with Gasteiger partial charge in [-0.2, -0.15) is 0 Å². The molecular formula is C15H15F2N. The first-order chi connectivity index (χ1) is 8.75. The summed E-state index contributed by atoms with van der Waals surface area (Å²) in [5.41, 5.74) is 1.73. The molecule has 0 fully saturated rings. The standard InChI is InChI=1S/C15H15F2N/c16-14-7-5-12(6-8-14)9-10-18-11-13-3-1-2-4-15(13)17/h1-8,18H,9-11H2. The highest BCUT2D eigenvalue weighted by atomic mass is 19.1. The van der Waals surface area contributed by atoms with Gasteiger partial charge in [0.1, 0.15) is 11.6 Å². The fourth-order valence-corrected chi connectivity index (χ4v) is 1.75. The third-order valence-corrected chi connectivity index (χ3v) is 2.78. The second kappa shape index (κ2) is 6.26. The van der Waals surface area contributed by atoms with E-state index in [1.807, 2.05) is 6.07 Å². The third kappa shape index (κ3) is 3.64. The van der Waals surface area contributed by atoms with Crippen molar-refractivity contribution >= 4 is 0 Å². The Balaban J connectivity index is 1.76. The summed E-state index contributed by atoms with van der Waals surface area (Å²) in [6.07, 6.45) is 0.800. The van der Waals surface area contributed by atoms with Gasteiger partial charge in [-0.1, -0.05) is 30.3 Å². The minimum Gasteiger partial charge on any atom is -0.312 e. The molecule has 18 heavy (non-hydrogen) atoms. The van der Waals surface area contributed by atoms with E-state index in [9.17, 15) is 8.78 Å². The first kappa shape index (κ1) is 12.7. The monoisotopic (exact) mass is 247 g/mol. The molecule has 0 unspecified atom stereocenters. The zero-order chi connectivity index (χ0) is 12.8. The van der Waals surface area contributed by atoms with Gasteiger partial charge in [-0.05, 0) is 36.7 Å². The molecule has 1 N–H and O–H groups in total. The molecule has 0 radical (unpaired) electrons. The summed E-state index contributed by atoms with van der Waals surface area (Å²) in [6.45, 7) is 1.24. The molecule has 0 amide bonds. The van der Waals surface area contributed by atoms with Crippen LogP contribution < -0.4 is 5.32 Å². The van der Waals surface area contributed by atoms with Gasteiger partial charge in [-0.15, -0.1) is 0 Å². The SMILES string of the molecule is Fc1ccc(CCNCc2ccccc2F)cc1. The fraction of sp³-hybridized carbons (Fsp3) is 0.200. The number of rotatable bonds is 5. The van der Waals surface area contributed by atoms with E-state index in [-0.39, 0.29) is 11.6 Å². The molecule has 0 aliphatic heterocycles. The van der Waals surface area contributed by atoms with Crippen LogP contribution in [0, 0.1) is 11.6 Å². The van der Waals surface area contributed by atoms with Crippen LogP contribution in [0.1, 0.15) is 11.1 Å². The number of hydrogen-bond donors (Lipinski definition) is 1. The normalized spacial score (nSPS) is 10.6. The smallest absolute Gasteiger partial charge is 0.127 e. The van der Waals surface area contributed by atoms with Gasteiger partial charge in [0.05, 0.1) is 0 Å². The Labute approximate surface area is 105 Å². The quantitative estimate of drug-likeness (QED) is 0.799. The van der Waals surface area contributed by atoms with Crippen LogP contribution in [0.2, 0.25) is 0 Å². The van der Waals surface area contributed by atoms with E-state index in [4.69, 9.17) is 0 Å². The van der Waals surface area contributed by atoms with Crippen LogP contribution >= 0.6 is 0 Å². The second-order valence-corrected chi connectivity index (χ2v) is 4.14. The van der Waals surface area contributed by atoms with Crippen molar-refractivity contribution in [3.8, 4) is 0 Å². The summed E-state index contributed by atoms with van der Waals surface area (Å²) in [7, 11) is 0. The lowest BCUT2D eigenvalue weighted by Gasteiger charge is -2.06. The van der Waals surface area contributed by atoms with Crippen LogP contribution in [0.5, 0.6) is 0 Å². The van der Waals surface area contributed by atoms with Gasteiger partial charge in [0, 0.05) is 12.1 Å². The lowest BCUT2D eigenvalue weighted by Crippen LogP contribution is -2.17. The summed E-state index contributed by atoms with van der Waals surface area (Å²) in [5.74, 6) is -0.412. The summed E-state index contributed by atoms with van der Waals surface area (Å²) in [5, 5.41) is 3.17. The summed E-state index contributed by atoms with van der Waals surface area (Å²) in [4.78, 5) is 0. The molecule has 2 rings (SSSR count). The lowest BCUT2D eigenvalue weighted by molar-refractivity contribution is 0.588. The predicted octanol–water partition coefficient (Wildman–Crippen LogP) is 3.30. The van der Waals surface area contributed by atoms with Gasteiger partial charge in [0.15, 0.2) is 0 Å². The predicted molar refractivity (Wildman–Crippen MR) is 68.2 cm³/mol. The number of nitrogens with one attached hydrogen (secondary N) is 1. The molecule has 94 valence electrons.